The molecule has 2 rings (SSSR count). The van der Waals surface area contributed by atoms with Crippen LogP contribution in [-0.2, 0) is 29.0 Å². The third-order valence-electron chi connectivity index (χ3n) is 3.56. The average molecular weight is 279 g/mol. The van der Waals surface area contributed by atoms with E-state index in [9.17, 15) is 4.79 Å². The molecule has 1 aromatic rings. The van der Waals surface area contributed by atoms with Crippen molar-refractivity contribution in [3.8, 4) is 0 Å². The van der Waals surface area contributed by atoms with E-state index in [0.29, 0.717) is 13.2 Å². The second-order valence-corrected chi connectivity index (χ2v) is 5.34. The number of fused-ring (bicyclic) bond motifs is 1. The van der Waals surface area contributed by atoms with Gasteiger partial charge in [-0.25, -0.2) is 0 Å². The Morgan fingerprint density at radius 3 is 3.15 bits per heavy atom. The quantitative estimate of drug-likeness (QED) is 0.741. The van der Waals surface area contributed by atoms with Crippen molar-refractivity contribution in [2.45, 2.75) is 58.5 Å². The van der Waals surface area contributed by atoms with E-state index in [1.165, 1.54) is 25.0 Å². The van der Waals surface area contributed by atoms with E-state index in [0.717, 1.165) is 31.5 Å². The molecule has 1 aliphatic rings. The van der Waals surface area contributed by atoms with Crippen molar-refractivity contribution in [2.24, 2.45) is 0 Å². The van der Waals surface area contributed by atoms with Crippen molar-refractivity contribution in [1.82, 2.24) is 15.1 Å². The van der Waals surface area contributed by atoms with Crippen molar-refractivity contribution in [2.75, 3.05) is 13.2 Å². The van der Waals surface area contributed by atoms with Crippen LogP contribution in [0.2, 0.25) is 0 Å². The van der Waals surface area contributed by atoms with Gasteiger partial charge in [-0.3, -0.25) is 9.48 Å². The lowest BCUT2D eigenvalue weighted by Gasteiger charge is -2.11. The van der Waals surface area contributed by atoms with Crippen LogP contribution < -0.4 is 5.32 Å². The molecular weight excluding hydrogens is 254 g/mol. The smallest absolute Gasteiger partial charge is 0.246 e. The molecule has 0 radical (unpaired) electrons. The van der Waals surface area contributed by atoms with Crippen LogP contribution in [0.25, 0.3) is 0 Å². The number of hydrogen-bond acceptors (Lipinski definition) is 3. The molecule has 5 nitrogen and oxygen atoms in total. The zero-order chi connectivity index (χ0) is 14.2. The topological polar surface area (TPSA) is 56.1 Å². The minimum atomic E-state index is -0.0625. The predicted molar refractivity (Wildman–Crippen MR) is 77.4 cm³/mol. The second-order valence-electron chi connectivity index (χ2n) is 5.34. The number of unbranched alkanes of at least 4 members (excludes halogenated alkanes) is 2. The lowest BCUT2D eigenvalue weighted by atomic mass is 10.1. The van der Waals surface area contributed by atoms with Gasteiger partial charge in [-0.15, -0.1) is 0 Å². The Hall–Kier alpha value is -1.36. The van der Waals surface area contributed by atoms with Crippen LogP contribution in [0.3, 0.4) is 0 Å². The first-order valence-electron chi connectivity index (χ1n) is 7.69. The Morgan fingerprint density at radius 2 is 2.35 bits per heavy atom. The summed E-state index contributed by atoms with van der Waals surface area (Å²) in [5.41, 5.74) is 2.23. The Labute approximate surface area is 120 Å². The molecule has 0 fully saturated rings. The summed E-state index contributed by atoms with van der Waals surface area (Å²) in [6.07, 6.45) is 6.89. The fraction of sp³-hybridized carbons (Fsp3) is 0.733. The van der Waals surface area contributed by atoms with Crippen LogP contribution in [0.1, 0.15) is 50.4 Å². The molecule has 0 saturated carbocycles. The molecule has 0 atom stereocenters. The molecule has 1 aliphatic heterocycles. The number of hydrogen-bond donors (Lipinski definition) is 1. The summed E-state index contributed by atoms with van der Waals surface area (Å²) in [6, 6.07) is 2.10. The maximum absolute atomic E-state index is 11.6. The third kappa shape index (κ3) is 4.63. The number of carbonyl (C=O) groups excluding carboxylic acids is 1. The van der Waals surface area contributed by atoms with Gasteiger partial charge in [0.25, 0.3) is 0 Å². The molecule has 0 aliphatic carbocycles. The van der Waals surface area contributed by atoms with Crippen molar-refractivity contribution in [1.29, 1.82) is 0 Å². The van der Waals surface area contributed by atoms with Crippen LogP contribution in [0.4, 0.5) is 0 Å². The lowest BCUT2D eigenvalue weighted by molar-refractivity contribution is -0.125. The van der Waals surface area contributed by atoms with E-state index >= 15 is 0 Å². The Morgan fingerprint density at radius 1 is 1.45 bits per heavy atom. The second kappa shape index (κ2) is 8.04. The Bertz CT molecular complexity index is 405. The van der Waals surface area contributed by atoms with Crippen molar-refractivity contribution in [3.63, 3.8) is 0 Å². The minimum Gasteiger partial charge on any atom is -0.372 e. The van der Waals surface area contributed by atoms with Gasteiger partial charge in [-0.1, -0.05) is 19.8 Å². The standard InChI is InChI=1S/C15H25N3O2/c1-2-3-6-9-20-12-15(19)16-11-13-10-14-7-4-5-8-18(14)17-13/h10H,2-9,11-12H2,1H3,(H,16,19). The molecule has 112 valence electrons. The summed E-state index contributed by atoms with van der Waals surface area (Å²) in [4.78, 5) is 11.6. The summed E-state index contributed by atoms with van der Waals surface area (Å²) in [5, 5.41) is 7.36. The van der Waals surface area contributed by atoms with E-state index in [1.54, 1.807) is 0 Å². The number of nitrogens with zero attached hydrogens (tertiary/aromatic N) is 2. The SMILES string of the molecule is CCCCCOCC(=O)NCc1cc2n(n1)CCCC2. The molecule has 2 heterocycles. The van der Waals surface area contributed by atoms with E-state index in [-0.39, 0.29) is 12.5 Å². The Balaban J connectivity index is 1.64. The zero-order valence-corrected chi connectivity index (χ0v) is 12.4. The molecule has 0 bridgehead atoms. The average Bonchev–Trinajstić information content (AvgIpc) is 2.88. The fourth-order valence-corrected chi connectivity index (χ4v) is 2.42. The van der Waals surface area contributed by atoms with Crippen LogP contribution >= 0.6 is 0 Å². The summed E-state index contributed by atoms with van der Waals surface area (Å²) in [6.45, 7) is 4.47. The van der Waals surface area contributed by atoms with Gasteiger partial charge in [0, 0.05) is 18.8 Å². The molecule has 1 aromatic heterocycles. The summed E-state index contributed by atoms with van der Waals surface area (Å²) >= 11 is 0. The van der Waals surface area contributed by atoms with Gasteiger partial charge in [0.15, 0.2) is 0 Å². The third-order valence-corrected chi connectivity index (χ3v) is 3.56. The summed E-state index contributed by atoms with van der Waals surface area (Å²) in [5.74, 6) is -0.0625. The van der Waals surface area contributed by atoms with Gasteiger partial charge in [0.2, 0.25) is 5.91 Å². The minimum absolute atomic E-state index is 0.0625. The summed E-state index contributed by atoms with van der Waals surface area (Å²) < 4.78 is 7.39. The lowest BCUT2D eigenvalue weighted by Crippen LogP contribution is -2.27. The maximum Gasteiger partial charge on any atom is 0.246 e. The van der Waals surface area contributed by atoms with Crippen LogP contribution in [0, 0.1) is 0 Å². The van der Waals surface area contributed by atoms with Crippen molar-refractivity contribution < 1.29 is 9.53 Å². The highest BCUT2D eigenvalue weighted by Crippen LogP contribution is 2.14. The monoisotopic (exact) mass is 279 g/mol. The highest BCUT2D eigenvalue weighted by Gasteiger charge is 2.12. The molecule has 0 spiro atoms. The molecule has 0 saturated heterocycles. The van der Waals surface area contributed by atoms with E-state index < -0.39 is 0 Å². The number of aromatic nitrogens is 2. The van der Waals surface area contributed by atoms with Gasteiger partial charge < -0.3 is 10.1 Å². The van der Waals surface area contributed by atoms with E-state index in [1.807, 2.05) is 0 Å². The molecule has 20 heavy (non-hydrogen) atoms. The first-order chi connectivity index (χ1) is 9.79. The molecule has 0 unspecified atom stereocenters. The molecule has 0 aromatic carbocycles. The van der Waals surface area contributed by atoms with Gasteiger partial charge in [0.1, 0.15) is 6.61 Å². The largest absolute Gasteiger partial charge is 0.372 e. The van der Waals surface area contributed by atoms with Crippen LogP contribution in [-0.4, -0.2) is 28.9 Å². The number of amides is 1. The van der Waals surface area contributed by atoms with Gasteiger partial charge >= 0.3 is 0 Å². The molecule has 5 heteroatoms. The number of nitrogens with one attached hydrogen (secondary N) is 1. The number of rotatable bonds is 8. The fourth-order valence-electron chi connectivity index (χ4n) is 2.42. The van der Waals surface area contributed by atoms with Gasteiger partial charge in [-0.2, -0.15) is 5.10 Å². The highest BCUT2D eigenvalue weighted by atomic mass is 16.5. The normalized spacial score (nSPS) is 14.1. The van der Waals surface area contributed by atoms with Crippen LogP contribution in [0.15, 0.2) is 6.07 Å². The molecular formula is C15H25N3O2. The predicted octanol–water partition coefficient (Wildman–Crippen LogP) is 2.04. The van der Waals surface area contributed by atoms with Crippen molar-refractivity contribution in [3.05, 3.63) is 17.5 Å². The van der Waals surface area contributed by atoms with Gasteiger partial charge in [0.05, 0.1) is 12.2 Å². The number of ether oxygens (including phenoxy) is 1. The van der Waals surface area contributed by atoms with E-state index in [4.69, 9.17) is 4.74 Å². The number of carbonyl (C=O) groups is 1. The summed E-state index contributed by atoms with van der Waals surface area (Å²) in [7, 11) is 0. The first kappa shape index (κ1) is 15.0. The zero-order valence-electron chi connectivity index (χ0n) is 12.4. The molecule has 1 amide bonds. The number of aryl methyl sites for hydroxylation is 2. The Kier molecular flexibility index (Phi) is 6.05. The first-order valence-corrected chi connectivity index (χ1v) is 7.69. The highest BCUT2D eigenvalue weighted by molar-refractivity contribution is 5.77. The maximum atomic E-state index is 11.6. The van der Waals surface area contributed by atoms with Gasteiger partial charge in [-0.05, 0) is 31.7 Å². The van der Waals surface area contributed by atoms with E-state index in [2.05, 4.69) is 28.1 Å². The van der Waals surface area contributed by atoms with Crippen LogP contribution in [0.5, 0.6) is 0 Å². The van der Waals surface area contributed by atoms with Crippen molar-refractivity contribution >= 4 is 5.91 Å². The molecule has 1 N–H and O–H groups in total.